The molecular weight excluding hydrogens is 476 g/mol. The lowest BCUT2D eigenvalue weighted by Crippen LogP contribution is -2.28. The Morgan fingerprint density at radius 3 is 0.868 bits per heavy atom. The number of hydrogen-bond donors (Lipinski definition) is 0. The van der Waals surface area contributed by atoms with Crippen molar-refractivity contribution in [1.82, 2.24) is 0 Å². The summed E-state index contributed by atoms with van der Waals surface area (Å²) < 4.78 is 0. The van der Waals surface area contributed by atoms with E-state index >= 15 is 0 Å². The topological polar surface area (TPSA) is 85.3 Å². The predicted octanol–water partition coefficient (Wildman–Crippen LogP) is 7.83. The van der Waals surface area contributed by atoms with Crippen LogP contribution in [0.15, 0.2) is 36.4 Å². The standard InChI is InChI=1S/C33H42O5/c1-30(2,3)26(35)21-15-13-19(17-23(21)28(37)32(7,8)9)25(34)20-14-16-22(27(36)31(4,5)6)24(18-20)29(38)33(10,11)12/h13-18H,1-12H3. The molecule has 2 aromatic carbocycles. The Bertz CT molecular complexity index is 1210. The number of Topliss-reactive ketones (excluding diaryl/α,β-unsaturated/α-hetero) is 4. The highest BCUT2D eigenvalue weighted by Gasteiger charge is 2.34. The summed E-state index contributed by atoms with van der Waals surface area (Å²) in [4.78, 5) is 66.7. The van der Waals surface area contributed by atoms with Crippen molar-refractivity contribution in [3.63, 3.8) is 0 Å². The quantitative estimate of drug-likeness (QED) is 0.364. The molecule has 0 aliphatic heterocycles. The van der Waals surface area contributed by atoms with E-state index in [4.69, 9.17) is 0 Å². The number of rotatable bonds is 6. The van der Waals surface area contributed by atoms with Crippen LogP contribution in [0.2, 0.25) is 0 Å². The largest absolute Gasteiger partial charge is 0.294 e. The highest BCUT2D eigenvalue weighted by Crippen LogP contribution is 2.32. The van der Waals surface area contributed by atoms with E-state index in [2.05, 4.69) is 0 Å². The maximum atomic E-state index is 13.7. The zero-order valence-corrected chi connectivity index (χ0v) is 25.0. The first kappa shape index (κ1) is 31.0. The molecule has 0 bridgehead atoms. The normalized spacial score (nSPS) is 12.7. The number of ketones is 5. The molecule has 0 aromatic heterocycles. The lowest BCUT2D eigenvalue weighted by Gasteiger charge is -2.23. The minimum Gasteiger partial charge on any atom is -0.294 e. The van der Waals surface area contributed by atoms with Crippen molar-refractivity contribution in [2.45, 2.75) is 83.1 Å². The van der Waals surface area contributed by atoms with Crippen LogP contribution in [0, 0.1) is 21.7 Å². The zero-order chi connectivity index (χ0) is 29.6. The second-order valence-electron chi connectivity index (χ2n) is 14.2. The van der Waals surface area contributed by atoms with E-state index in [1.807, 2.05) is 0 Å². The average molecular weight is 519 g/mol. The van der Waals surface area contributed by atoms with Crippen LogP contribution in [-0.2, 0) is 0 Å². The Kier molecular flexibility index (Phi) is 8.29. The molecule has 0 heterocycles. The van der Waals surface area contributed by atoms with Gasteiger partial charge in [-0.2, -0.15) is 0 Å². The van der Waals surface area contributed by atoms with Crippen molar-refractivity contribution in [2.24, 2.45) is 21.7 Å². The van der Waals surface area contributed by atoms with Gasteiger partial charge in [0.1, 0.15) is 0 Å². The number of carbonyl (C=O) groups is 5. The minimum atomic E-state index is -0.768. The third-order valence-corrected chi connectivity index (χ3v) is 6.27. The molecule has 0 amide bonds. The molecule has 0 fully saturated rings. The molecule has 0 saturated heterocycles. The molecule has 0 aliphatic carbocycles. The van der Waals surface area contributed by atoms with Crippen molar-refractivity contribution < 1.29 is 24.0 Å². The van der Waals surface area contributed by atoms with Crippen molar-refractivity contribution in [2.75, 3.05) is 0 Å². The fourth-order valence-electron chi connectivity index (χ4n) is 3.93. The van der Waals surface area contributed by atoms with E-state index in [1.165, 1.54) is 12.1 Å². The third kappa shape index (κ3) is 6.61. The Labute approximate surface area is 227 Å². The van der Waals surface area contributed by atoms with Gasteiger partial charge in [-0.3, -0.25) is 24.0 Å². The fourth-order valence-corrected chi connectivity index (χ4v) is 3.93. The van der Waals surface area contributed by atoms with Gasteiger partial charge in [0.25, 0.3) is 0 Å². The monoisotopic (exact) mass is 518 g/mol. The van der Waals surface area contributed by atoms with Crippen LogP contribution in [0.4, 0.5) is 0 Å². The summed E-state index contributed by atoms with van der Waals surface area (Å²) >= 11 is 0. The smallest absolute Gasteiger partial charge is 0.193 e. The van der Waals surface area contributed by atoms with Gasteiger partial charge in [-0.1, -0.05) is 95.2 Å². The Hall–Kier alpha value is -3.21. The first-order valence-corrected chi connectivity index (χ1v) is 13.0. The Balaban J connectivity index is 2.75. The Morgan fingerprint density at radius 1 is 0.395 bits per heavy atom. The van der Waals surface area contributed by atoms with E-state index in [0.717, 1.165) is 0 Å². The first-order valence-electron chi connectivity index (χ1n) is 13.0. The molecule has 2 aromatic rings. The fraction of sp³-hybridized carbons (Fsp3) is 0.485. The van der Waals surface area contributed by atoms with Crippen LogP contribution in [0.5, 0.6) is 0 Å². The van der Waals surface area contributed by atoms with E-state index < -0.39 is 27.4 Å². The van der Waals surface area contributed by atoms with Crippen molar-refractivity contribution in [3.05, 3.63) is 69.8 Å². The summed E-state index contributed by atoms with van der Waals surface area (Å²) in [6.45, 7) is 21.3. The summed E-state index contributed by atoms with van der Waals surface area (Å²) in [5.41, 5.74) is -1.54. The molecule has 38 heavy (non-hydrogen) atoms. The minimum absolute atomic E-state index is 0.188. The van der Waals surface area contributed by atoms with Crippen LogP contribution in [0.3, 0.4) is 0 Å². The highest BCUT2D eigenvalue weighted by atomic mass is 16.1. The van der Waals surface area contributed by atoms with Crippen LogP contribution in [0.1, 0.15) is 140 Å². The van der Waals surface area contributed by atoms with Crippen LogP contribution < -0.4 is 0 Å². The van der Waals surface area contributed by atoms with Gasteiger partial charge in [0.05, 0.1) is 0 Å². The van der Waals surface area contributed by atoms with Crippen LogP contribution in [-0.4, -0.2) is 28.9 Å². The highest BCUT2D eigenvalue weighted by molar-refractivity contribution is 6.17. The molecule has 0 aliphatic rings. The maximum Gasteiger partial charge on any atom is 0.193 e. The Morgan fingerprint density at radius 2 is 0.632 bits per heavy atom. The zero-order valence-electron chi connectivity index (χ0n) is 25.0. The molecular formula is C33H42O5. The SMILES string of the molecule is CC(C)(C)C(=O)c1ccc(C(=O)c2ccc(C(=O)C(C)(C)C)c(C(=O)C(C)(C)C)c2)cc1C(=O)C(C)(C)C. The van der Waals surface area contributed by atoms with Gasteiger partial charge in [-0.15, -0.1) is 0 Å². The first-order chi connectivity index (χ1) is 17.0. The summed E-state index contributed by atoms with van der Waals surface area (Å²) in [5, 5.41) is 0. The van der Waals surface area contributed by atoms with Crippen LogP contribution >= 0.6 is 0 Å². The molecule has 0 atom stereocenters. The maximum absolute atomic E-state index is 13.7. The van der Waals surface area contributed by atoms with Gasteiger partial charge in [-0.05, 0) is 24.3 Å². The summed E-state index contributed by atoms with van der Waals surface area (Å²) in [6, 6.07) is 9.13. The van der Waals surface area contributed by atoms with E-state index in [0.29, 0.717) is 0 Å². The molecule has 0 saturated carbocycles. The molecule has 0 N–H and O–H groups in total. The average Bonchev–Trinajstić information content (AvgIpc) is 2.78. The summed E-state index contributed by atoms with van der Waals surface area (Å²) in [7, 11) is 0. The lowest BCUT2D eigenvalue weighted by molar-refractivity contribution is 0.0823. The van der Waals surface area contributed by atoms with Gasteiger partial charge in [0, 0.05) is 55.0 Å². The van der Waals surface area contributed by atoms with Gasteiger partial charge in [-0.25, -0.2) is 0 Å². The summed E-state index contributed by atoms with van der Waals surface area (Å²) in [6.07, 6.45) is 0. The summed E-state index contributed by atoms with van der Waals surface area (Å²) in [5.74, 6) is -1.26. The molecule has 204 valence electrons. The second-order valence-corrected chi connectivity index (χ2v) is 14.2. The number of carbonyl (C=O) groups excluding carboxylic acids is 5. The van der Waals surface area contributed by atoms with Gasteiger partial charge in [0.15, 0.2) is 28.9 Å². The van der Waals surface area contributed by atoms with E-state index in [1.54, 1.807) is 107 Å². The lowest BCUT2D eigenvalue weighted by atomic mass is 9.78. The molecule has 0 unspecified atom stereocenters. The number of hydrogen-bond acceptors (Lipinski definition) is 5. The molecule has 5 heteroatoms. The van der Waals surface area contributed by atoms with Gasteiger partial charge < -0.3 is 0 Å². The number of benzene rings is 2. The van der Waals surface area contributed by atoms with Crippen molar-refractivity contribution >= 4 is 28.9 Å². The molecule has 0 spiro atoms. The van der Waals surface area contributed by atoms with Crippen LogP contribution in [0.25, 0.3) is 0 Å². The molecule has 0 radical (unpaired) electrons. The van der Waals surface area contributed by atoms with E-state index in [9.17, 15) is 24.0 Å². The van der Waals surface area contributed by atoms with Crippen molar-refractivity contribution in [1.29, 1.82) is 0 Å². The second kappa shape index (κ2) is 10.2. The van der Waals surface area contributed by atoms with Gasteiger partial charge in [0.2, 0.25) is 0 Å². The van der Waals surface area contributed by atoms with E-state index in [-0.39, 0.29) is 56.5 Å². The van der Waals surface area contributed by atoms with Gasteiger partial charge >= 0.3 is 0 Å². The third-order valence-electron chi connectivity index (χ3n) is 6.27. The predicted molar refractivity (Wildman–Crippen MR) is 151 cm³/mol. The molecule has 5 nitrogen and oxygen atoms in total. The molecule has 2 rings (SSSR count). The van der Waals surface area contributed by atoms with Crippen molar-refractivity contribution in [3.8, 4) is 0 Å².